The van der Waals surface area contributed by atoms with Crippen molar-refractivity contribution < 1.29 is 9.47 Å². The van der Waals surface area contributed by atoms with E-state index in [1.54, 1.807) is 0 Å². The molecule has 0 amide bonds. The van der Waals surface area contributed by atoms with Crippen molar-refractivity contribution in [2.75, 3.05) is 25.6 Å². The van der Waals surface area contributed by atoms with E-state index in [9.17, 15) is 0 Å². The largest absolute Gasteiger partial charge is 0.468 e. The Morgan fingerprint density at radius 3 is 2.94 bits per heavy atom. The minimum Gasteiger partial charge on any atom is -0.468 e. The van der Waals surface area contributed by atoms with E-state index in [-0.39, 0.29) is 0 Å². The highest BCUT2D eigenvalue weighted by molar-refractivity contribution is 7.20. The number of aromatic nitrogens is 1. The van der Waals surface area contributed by atoms with Gasteiger partial charge in [-0.3, -0.25) is 0 Å². The molecule has 0 spiro atoms. The fourth-order valence-electron chi connectivity index (χ4n) is 1.49. The molecule has 2 rings (SSSR count). The molecule has 1 aromatic heterocycles. The standard InChI is InChI=1S/C13H18N2O2S/c1-9(2)8-16-5-6-17-13-15-11-4-3-10(14)7-12(11)18-13/h3-4,7,9H,5-6,8,14H2,1-2H3. The maximum atomic E-state index is 5.72. The van der Waals surface area contributed by atoms with E-state index >= 15 is 0 Å². The van der Waals surface area contributed by atoms with Crippen molar-refractivity contribution >= 4 is 27.2 Å². The predicted octanol–water partition coefficient (Wildman–Crippen LogP) is 2.93. The number of rotatable bonds is 6. The molecule has 0 aliphatic heterocycles. The number of nitrogen functional groups attached to an aromatic ring is 1. The molecule has 0 saturated heterocycles. The quantitative estimate of drug-likeness (QED) is 0.645. The average Bonchev–Trinajstić information content (AvgIpc) is 2.70. The van der Waals surface area contributed by atoms with Gasteiger partial charge in [-0.05, 0) is 24.1 Å². The van der Waals surface area contributed by atoms with E-state index in [1.807, 2.05) is 18.2 Å². The van der Waals surface area contributed by atoms with Crippen molar-refractivity contribution in [2.45, 2.75) is 13.8 Å². The van der Waals surface area contributed by atoms with Gasteiger partial charge in [-0.25, -0.2) is 4.98 Å². The molecule has 0 radical (unpaired) electrons. The first-order chi connectivity index (χ1) is 8.65. The molecule has 0 bridgehead atoms. The molecule has 98 valence electrons. The minimum atomic E-state index is 0.530. The number of fused-ring (bicyclic) bond motifs is 1. The Kier molecular flexibility index (Phi) is 4.38. The SMILES string of the molecule is CC(C)COCCOc1nc2ccc(N)cc2s1. The molecule has 1 aromatic carbocycles. The van der Waals surface area contributed by atoms with Crippen molar-refractivity contribution in [1.29, 1.82) is 0 Å². The zero-order valence-corrected chi connectivity index (χ0v) is 11.5. The summed E-state index contributed by atoms with van der Waals surface area (Å²) in [5.41, 5.74) is 7.39. The predicted molar refractivity (Wildman–Crippen MR) is 75.2 cm³/mol. The normalized spacial score (nSPS) is 11.3. The summed E-state index contributed by atoms with van der Waals surface area (Å²) >= 11 is 1.51. The van der Waals surface area contributed by atoms with Crippen molar-refractivity contribution in [1.82, 2.24) is 4.98 Å². The fraction of sp³-hybridized carbons (Fsp3) is 0.462. The van der Waals surface area contributed by atoms with Crippen LogP contribution in [0.1, 0.15) is 13.8 Å². The number of thiazole rings is 1. The second-order valence-corrected chi connectivity index (χ2v) is 5.52. The van der Waals surface area contributed by atoms with Gasteiger partial charge in [0.2, 0.25) is 0 Å². The number of ether oxygens (including phenoxy) is 2. The molecule has 2 N–H and O–H groups in total. The third kappa shape index (κ3) is 3.58. The topological polar surface area (TPSA) is 57.4 Å². The molecular weight excluding hydrogens is 248 g/mol. The Morgan fingerprint density at radius 1 is 1.33 bits per heavy atom. The van der Waals surface area contributed by atoms with Gasteiger partial charge in [-0.1, -0.05) is 25.2 Å². The van der Waals surface area contributed by atoms with Crippen molar-refractivity contribution in [3.63, 3.8) is 0 Å². The van der Waals surface area contributed by atoms with Gasteiger partial charge < -0.3 is 15.2 Å². The molecule has 0 atom stereocenters. The van der Waals surface area contributed by atoms with Crippen LogP contribution in [0.5, 0.6) is 5.19 Å². The van der Waals surface area contributed by atoms with Gasteiger partial charge in [0.05, 0.1) is 16.8 Å². The van der Waals surface area contributed by atoms with Gasteiger partial charge in [-0.2, -0.15) is 0 Å². The summed E-state index contributed by atoms with van der Waals surface area (Å²) in [7, 11) is 0. The highest BCUT2D eigenvalue weighted by Gasteiger charge is 2.04. The molecule has 18 heavy (non-hydrogen) atoms. The number of benzene rings is 1. The van der Waals surface area contributed by atoms with Crippen LogP contribution >= 0.6 is 11.3 Å². The highest BCUT2D eigenvalue weighted by Crippen LogP contribution is 2.28. The third-order valence-corrected chi connectivity index (χ3v) is 3.23. The zero-order chi connectivity index (χ0) is 13.0. The van der Waals surface area contributed by atoms with Crippen LogP contribution in [0.3, 0.4) is 0 Å². The van der Waals surface area contributed by atoms with Crippen molar-refractivity contribution in [3.05, 3.63) is 18.2 Å². The molecule has 1 heterocycles. The second-order valence-electron chi connectivity index (χ2n) is 4.52. The van der Waals surface area contributed by atoms with E-state index in [0.717, 1.165) is 22.5 Å². The van der Waals surface area contributed by atoms with Crippen LogP contribution < -0.4 is 10.5 Å². The van der Waals surface area contributed by atoms with Crippen molar-refractivity contribution in [2.24, 2.45) is 5.92 Å². The third-order valence-electron chi connectivity index (χ3n) is 2.30. The summed E-state index contributed by atoms with van der Waals surface area (Å²) in [5, 5.41) is 0.670. The molecule has 0 fully saturated rings. The summed E-state index contributed by atoms with van der Waals surface area (Å²) in [6, 6.07) is 5.66. The summed E-state index contributed by atoms with van der Waals surface area (Å²) in [4.78, 5) is 4.37. The highest BCUT2D eigenvalue weighted by atomic mass is 32.1. The van der Waals surface area contributed by atoms with E-state index in [4.69, 9.17) is 15.2 Å². The lowest BCUT2D eigenvalue weighted by Crippen LogP contribution is -2.10. The Labute approximate surface area is 111 Å². The molecule has 0 aliphatic carbocycles. The number of hydrogen-bond acceptors (Lipinski definition) is 5. The Balaban J connectivity index is 1.84. The van der Waals surface area contributed by atoms with E-state index in [1.165, 1.54) is 11.3 Å². The van der Waals surface area contributed by atoms with Gasteiger partial charge in [0.1, 0.15) is 6.61 Å². The summed E-state index contributed by atoms with van der Waals surface area (Å²) in [5.74, 6) is 0.551. The van der Waals surface area contributed by atoms with Crippen LogP contribution in [0.15, 0.2) is 18.2 Å². The lowest BCUT2D eigenvalue weighted by molar-refractivity contribution is 0.0819. The fourth-order valence-corrected chi connectivity index (χ4v) is 2.38. The van der Waals surface area contributed by atoms with Gasteiger partial charge in [-0.15, -0.1) is 0 Å². The van der Waals surface area contributed by atoms with Gasteiger partial charge >= 0.3 is 0 Å². The molecule has 2 aromatic rings. The molecule has 0 aliphatic rings. The van der Waals surface area contributed by atoms with Gasteiger partial charge in [0.15, 0.2) is 0 Å². The Bertz CT molecular complexity index is 511. The summed E-state index contributed by atoms with van der Waals surface area (Å²) < 4.78 is 12.0. The first-order valence-corrected chi connectivity index (χ1v) is 6.83. The Hall–Kier alpha value is -1.33. The molecule has 0 saturated carbocycles. The molecule has 0 unspecified atom stereocenters. The van der Waals surface area contributed by atoms with Crippen LogP contribution in [0, 0.1) is 5.92 Å². The van der Waals surface area contributed by atoms with Crippen LogP contribution in [0.4, 0.5) is 5.69 Å². The van der Waals surface area contributed by atoms with E-state index < -0.39 is 0 Å². The lowest BCUT2D eigenvalue weighted by atomic mass is 10.2. The average molecular weight is 266 g/mol. The summed E-state index contributed by atoms with van der Waals surface area (Å²) in [6.07, 6.45) is 0. The number of anilines is 1. The number of nitrogens with zero attached hydrogens (tertiary/aromatic N) is 1. The molecular formula is C13H18N2O2S. The Morgan fingerprint density at radius 2 is 2.17 bits per heavy atom. The lowest BCUT2D eigenvalue weighted by Gasteiger charge is -2.06. The van der Waals surface area contributed by atoms with Crippen LogP contribution in [-0.4, -0.2) is 24.8 Å². The van der Waals surface area contributed by atoms with E-state index in [2.05, 4.69) is 18.8 Å². The first-order valence-electron chi connectivity index (χ1n) is 6.02. The molecule has 5 heteroatoms. The van der Waals surface area contributed by atoms with E-state index in [0.29, 0.717) is 24.3 Å². The van der Waals surface area contributed by atoms with Crippen LogP contribution in [0.25, 0.3) is 10.2 Å². The maximum Gasteiger partial charge on any atom is 0.274 e. The monoisotopic (exact) mass is 266 g/mol. The van der Waals surface area contributed by atoms with Gasteiger partial charge in [0, 0.05) is 12.3 Å². The number of nitrogens with two attached hydrogens (primary N) is 1. The zero-order valence-electron chi connectivity index (χ0n) is 10.7. The minimum absolute atomic E-state index is 0.530. The first kappa shape index (κ1) is 13.1. The molecule has 4 nitrogen and oxygen atoms in total. The smallest absolute Gasteiger partial charge is 0.274 e. The van der Waals surface area contributed by atoms with Gasteiger partial charge in [0.25, 0.3) is 5.19 Å². The van der Waals surface area contributed by atoms with Crippen LogP contribution in [0.2, 0.25) is 0 Å². The number of hydrogen-bond donors (Lipinski definition) is 1. The van der Waals surface area contributed by atoms with Crippen LogP contribution in [-0.2, 0) is 4.74 Å². The second kappa shape index (κ2) is 6.02. The van der Waals surface area contributed by atoms with Crippen molar-refractivity contribution in [3.8, 4) is 5.19 Å². The maximum absolute atomic E-state index is 5.72. The summed E-state index contributed by atoms with van der Waals surface area (Å²) in [6.45, 7) is 6.13.